The minimum Gasteiger partial charge on any atom is -0.432 e. The number of hydrogen-bond acceptors (Lipinski definition) is 3. The zero-order chi connectivity index (χ0) is 13.3. The average molecular weight is 260 g/mol. The van der Waals surface area contributed by atoms with E-state index >= 15 is 0 Å². The van der Waals surface area contributed by atoms with E-state index in [0.717, 1.165) is 25.3 Å². The summed E-state index contributed by atoms with van der Waals surface area (Å²) in [6.07, 6.45) is 3.04. The first-order valence-corrected chi connectivity index (χ1v) is 5.72. The molecule has 1 saturated carbocycles. The summed E-state index contributed by atoms with van der Waals surface area (Å²) in [5.41, 5.74) is 6.17. The van der Waals surface area contributed by atoms with Crippen LogP contribution in [0.4, 0.5) is 24.5 Å². The van der Waals surface area contributed by atoms with E-state index in [0.29, 0.717) is 5.69 Å². The van der Waals surface area contributed by atoms with Gasteiger partial charge in [0.25, 0.3) is 0 Å². The first-order chi connectivity index (χ1) is 8.39. The Kier molecular flexibility index (Phi) is 3.28. The molecule has 0 heterocycles. The maximum Gasteiger partial charge on any atom is 0.387 e. The van der Waals surface area contributed by atoms with Crippen molar-refractivity contribution in [2.24, 2.45) is 0 Å². The van der Waals surface area contributed by atoms with Gasteiger partial charge in [0.1, 0.15) is 0 Å². The van der Waals surface area contributed by atoms with Crippen LogP contribution in [0.2, 0.25) is 0 Å². The van der Waals surface area contributed by atoms with Crippen molar-refractivity contribution in [3.05, 3.63) is 17.9 Å². The van der Waals surface area contributed by atoms with Crippen LogP contribution in [-0.2, 0) is 0 Å². The standard InChI is InChI=1S/C12H15F3N2O/c1-12(3-2-4-12)17-9-6-10(18-11(14)15)7(13)5-8(9)16/h5-6,11,17H,2-4,16H2,1H3. The second-order valence-electron chi connectivity index (χ2n) is 4.79. The quantitative estimate of drug-likeness (QED) is 0.816. The van der Waals surface area contributed by atoms with Crippen LogP contribution in [0, 0.1) is 5.82 Å². The molecule has 1 aliphatic rings. The summed E-state index contributed by atoms with van der Waals surface area (Å²) in [4.78, 5) is 0. The molecule has 2 rings (SSSR count). The maximum absolute atomic E-state index is 13.4. The third-order valence-electron chi connectivity index (χ3n) is 3.21. The molecule has 0 amide bonds. The first kappa shape index (κ1) is 12.9. The molecular formula is C12H15F3N2O. The summed E-state index contributed by atoms with van der Waals surface area (Å²) in [7, 11) is 0. The number of ether oxygens (including phenoxy) is 1. The van der Waals surface area contributed by atoms with Crippen LogP contribution in [0.15, 0.2) is 12.1 Å². The lowest BCUT2D eigenvalue weighted by Crippen LogP contribution is -2.41. The van der Waals surface area contributed by atoms with Crippen molar-refractivity contribution >= 4 is 11.4 Å². The smallest absolute Gasteiger partial charge is 0.387 e. The van der Waals surface area contributed by atoms with Gasteiger partial charge in [-0.05, 0) is 26.2 Å². The molecule has 100 valence electrons. The maximum atomic E-state index is 13.4. The topological polar surface area (TPSA) is 47.3 Å². The van der Waals surface area contributed by atoms with Crippen LogP contribution in [-0.4, -0.2) is 12.2 Å². The Morgan fingerprint density at radius 3 is 2.56 bits per heavy atom. The minimum atomic E-state index is -3.06. The molecule has 1 aromatic rings. The number of nitrogen functional groups attached to an aromatic ring is 1. The SMILES string of the molecule is CC1(Nc2cc(OC(F)F)c(F)cc2N)CCC1. The largest absolute Gasteiger partial charge is 0.432 e. The van der Waals surface area contributed by atoms with Gasteiger partial charge in [0.2, 0.25) is 0 Å². The van der Waals surface area contributed by atoms with E-state index in [1.807, 2.05) is 6.92 Å². The van der Waals surface area contributed by atoms with Gasteiger partial charge in [-0.25, -0.2) is 4.39 Å². The van der Waals surface area contributed by atoms with Gasteiger partial charge in [-0.15, -0.1) is 0 Å². The molecule has 1 aromatic carbocycles. The fraction of sp³-hybridized carbons (Fsp3) is 0.500. The minimum absolute atomic E-state index is 0.103. The lowest BCUT2D eigenvalue weighted by molar-refractivity contribution is -0.0521. The van der Waals surface area contributed by atoms with Gasteiger partial charge in [0, 0.05) is 17.7 Å². The number of anilines is 2. The van der Waals surface area contributed by atoms with Gasteiger partial charge in [-0.3, -0.25) is 0 Å². The van der Waals surface area contributed by atoms with Crippen molar-refractivity contribution in [3.63, 3.8) is 0 Å². The molecule has 6 heteroatoms. The number of nitrogens with two attached hydrogens (primary N) is 1. The summed E-state index contributed by atoms with van der Waals surface area (Å²) >= 11 is 0. The Balaban J connectivity index is 2.23. The van der Waals surface area contributed by atoms with E-state index in [1.54, 1.807) is 0 Å². The number of alkyl halides is 2. The Hall–Kier alpha value is -1.59. The van der Waals surface area contributed by atoms with Gasteiger partial charge in [0.05, 0.1) is 11.4 Å². The van der Waals surface area contributed by atoms with Crippen LogP contribution in [0.25, 0.3) is 0 Å². The van der Waals surface area contributed by atoms with Gasteiger partial charge in [0.15, 0.2) is 11.6 Å². The predicted molar refractivity (Wildman–Crippen MR) is 63.3 cm³/mol. The van der Waals surface area contributed by atoms with Crippen LogP contribution >= 0.6 is 0 Å². The molecule has 0 aromatic heterocycles. The molecule has 0 spiro atoms. The summed E-state index contributed by atoms with van der Waals surface area (Å²) in [5, 5.41) is 3.15. The monoisotopic (exact) mass is 260 g/mol. The molecule has 0 atom stereocenters. The third kappa shape index (κ3) is 2.63. The van der Waals surface area contributed by atoms with E-state index in [2.05, 4.69) is 10.1 Å². The van der Waals surface area contributed by atoms with E-state index in [-0.39, 0.29) is 11.2 Å². The first-order valence-electron chi connectivity index (χ1n) is 5.72. The van der Waals surface area contributed by atoms with E-state index in [9.17, 15) is 13.2 Å². The zero-order valence-electron chi connectivity index (χ0n) is 9.97. The highest BCUT2D eigenvalue weighted by atomic mass is 19.3. The predicted octanol–water partition coefficient (Wildman–Crippen LogP) is 3.36. The van der Waals surface area contributed by atoms with E-state index in [1.165, 1.54) is 6.07 Å². The fourth-order valence-corrected chi connectivity index (χ4v) is 2.02. The van der Waals surface area contributed by atoms with Gasteiger partial charge < -0.3 is 15.8 Å². The van der Waals surface area contributed by atoms with Crippen molar-refractivity contribution < 1.29 is 17.9 Å². The number of halogens is 3. The molecule has 3 nitrogen and oxygen atoms in total. The van der Waals surface area contributed by atoms with E-state index in [4.69, 9.17) is 5.73 Å². The number of rotatable bonds is 4. The normalized spacial score (nSPS) is 17.4. The average Bonchev–Trinajstić information content (AvgIpc) is 2.22. The van der Waals surface area contributed by atoms with Gasteiger partial charge >= 0.3 is 6.61 Å². The number of hydrogen-bond donors (Lipinski definition) is 2. The van der Waals surface area contributed by atoms with Crippen molar-refractivity contribution in [1.82, 2.24) is 0 Å². The van der Waals surface area contributed by atoms with Gasteiger partial charge in [-0.2, -0.15) is 8.78 Å². The van der Waals surface area contributed by atoms with Crippen LogP contribution in [0.3, 0.4) is 0 Å². The molecule has 0 unspecified atom stereocenters. The van der Waals surface area contributed by atoms with Crippen LogP contribution < -0.4 is 15.8 Å². The fourth-order valence-electron chi connectivity index (χ4n) is 2.02. The highest BCUT2D eigenvalue weighted by molar-refractivity contribution is 5.69. The Morgan fingerprint density at radius 1 is 1.39 bits per heavy atom. The van der Waals surface area contributed by atoms with Crippen molar-refractivity contribution in [1.29, 1.82) is 0 Å². The van der Waals surface area contributed by atoms with Crippen molar-refractivity contribution in [2.45, 2.75) is 38.3 Å². The second-order valence-corrected chi connectivity index (χ2v) is 4.79. The molecule has 0 radical (unpaired) electrons. The highest BCUT2D eigenvalue weighted by Gasteiger charge is 2.32. The molecule has 1 fully saturated rings. The second kappa shape index (κ2) is 4.59. The third-order valence-corrected chi connectivity index (χ3v) is 3.21. The van der Waals surface area contributed by atoms with Crippen LogP contribution in [0.1, 0.15) is 26.2 Å². The van der Waals surface area contributed by atoms with Crippen LogP contribution in [0.5, 0.6) is 5.75 Å². The Labute approximate surface area is 103 Å². The molecule has 18 heavy (non-hydrogen) atoms. The zero-order valence-corrected chi connectivity index (χ0v) is 9.97. The van der Waals surface area contributed by atoms with Crippen molar-refractivity contribution in [2.75, 3.05) is 11.1 Å². The van der Waals surface area contributed by atoms with Crippen molar-refractivity contribution in [3.8, 4) is 5.75 Å². The molecular weight excluding hydrogens is 245 g/mol. The van der Waals surface area contributed by atoms with Gasteiger partial charge in [-0.1, -0.05) is 0 Å². The Morgan fingerprint density at radius 2 is 2.06 bits per heavy atom. The van der Waals surface area contributed by atoms with E-state index < -0.39 is 18.2 Å². The lowest BCUT2D eigenvalue weighted by atomic mass is 9.78. The molecule has 0 aliphatic heterocycles. The molecule has 0 bridgehead atoms. The molecule has 3 N–H and O–H groups in total. The Bertz CT molecular complexity index is 447. The number of benzene rings is 1. The molecule has 0 saturated heterocycles. The summed E-state index contributed by atoms with van der Waals surface area (Å²) in [6.45, 7) is -1.05. The highest BCUT2D eigenvalue weighted by Crippen LogP contribution is 2.38. The summed E-state index contributed by atoms with van der Waals surface area (Å²) in [6, 6.07) is 2.17. The lowest BCUT2D eigenvalue weighted by Gasteiger charge is -2.40. The number of nitrogens with one attached hydrogen (secondary N) is 1. The summed E-state index contributed by atoms with van der Waals surface area (Å²) in [5.74, 6) is -1.39. The summed E-state index contributed by atoms with van der Waals surface area (Å²) < 4.78 is 41.7. The molecule has 1 aliphatic carbocycles.